The molecule has 0 spiro atoms. The van der Waals surface area contributed by atoms with E-state index < -0.39 is 11.2 Å². The van der Waals surface area contributed by atoms with Gasteiger partial charge in [-0.25, -0.2) is 0 Å². The molecule has 1 N–H and O–H groups in total. The highest BCUT2D eigenvalue weighted by atomic mass is 32.2. The monoisotopic (exact) mass is 105 g/mol. The molecule has 0 aromatic carbocycles. The van der Waals surface area contributed by atoms with Crippen molar-refractivity contribution in [1.82, 2.24) is 0 Å². The Morgan fingerprint density at radius 1 is 1.67 bits per heavy atom. The van der Waals surface area contributed by atoms with Crippen molar-refractivity contribution >= 4 is 11.2 Å². The molecule has 6 heavy (non-hydrogen) atoms. The lowest BCUT2D eigenvalue weighted by atomic mass is 10.4. The third-order valence-corrected chi connectivity index (χ3v) is 2.39. The summed E-state index contributed by atoms with van der Waals surface area (Å²) in [6.07, 6.45) is 3.30. The zero-order chi connectivity index (χ0) is 4.41. The first-order valence-electron chi connectivity index (χ1n) is 2.15. The molecular weight excluding hydrogens is 96.1 g/mol. The molecular formula is C4H9OS. The van der Waals surface area contributed by atoms with Crippen LogP contribution in [0.25, 0.3) is 0 Å². The minimum atomic E-state index is -0.521. The van der Waals surface area contributed by atoms with Gasteiger partial charge in [0.25, 0.3) is 0 Å². The van der Waals surface area contributed by atoms with E-state index in [1.165, 1.54) is 0 Å². The van der Waals surface area contributed by atoms with Crippen LogP contribution in [-0.4, -0.2) is 16.1 Å². The lowest BCUT2D eigenvalue weighted by Gasteiger charge is -1.98. The second-order valence-electron chi connectivity index (χ2n) is 1.49. The SMILES string of the molecule is O[SH]1C[CH]CC1. The molecule has 1 rings (SSSR count). The summed E-state index contributed by atoms with van der Waals surface area (Å²) < 4.78 is 8.76. The molecule has 0 aromatic rings. The van der Waals surface area contributed by atoms with Crippen LogP contribution in [0.2, 0.25) is 0 Å². The molecule has 1 fully saturated rings. The van der Waals surface area contributed by atoms with Gasteiger partial charge in [-0.2, -0.15) is 11.2 Å². The van der Waals surface area contributed by atoms with Gasteiger partial charge in [0.1, 0.15) is 0 Å². The molecule has 37 valence electrons. The Bertz CT molecular complexity index is 40.8. The molecule has 0 bridgehead atoms. The maximum Gasteiger partial charge on any atom is -0.000669 e. The second-order valence-corrected chi connectivity index (χ2v) is 3.32. The zero-order valence-corrected chi connectivity index (χ0v) is 4.49. The van der Waals surface area contributed by atoms with Gasteiger partial charge in [-0.3, -0.25) is 0 Å². The Balaban J connectivity index is 2.18. The lowest BCUT2D eigenvalue weighted by molar-refractivity contribution is 0.652. The summed E-state index contributed by atoms with van der Waals surface area (Å²) in [5.74, 6) is 2.03. The molecule has 1 nitrogen and oxygen atoms in total. The molecule has 1 aliphatic rings. The van der Waals surface area contributed by atoms with Gasteiger partial charge in [0.05, 0.1) is 0 Å². The number of rotatable bonds is 0. The molecule has 0 aromatic heterocycles. The quantitative estimate of drug-likeness (QED) is 0.441. The first kappa shape index (κ1) is 4.47. The molecule has 1 saturated heterocycles. The van der Waals surface area contributed by atoms with Crippen LogP contribution in [0.1, 0.15) is 6.42 Å². The summed E-state index contributed by atoms with van der Waals surface area (Å²) in [5, 5.41) is 0. The van der Waals surface area contributed by atoms with Crippen LogP contribution in [0.5, 0.6) is 0 Å². The van der Waals surface area contributed by atoms with Gasteiger partial charge in [-0.1, -0.05) is 0 Å². The first-order valence-corrected chi connectivity index (χ1v) is 3.81. The van der Waals surface area contributed by atoms with Crippen LogP contribution >= 0.6 is 11.2 Å². The van der Waals surface area contributed by atoms with Gasteiger partial charge in [0.2, 0.25) is 0 Å². The molecule has 0 amide bonds. The summed E-state index contributed by atoms with van der Waals surface area (Å²) in [4.78, 5) is 0. The van der Waals surface area contributed by atoms with Crippen LogP contribution in [0.3, 0.4) is 0 Å². The molecule has 1 aliphatic heterocycles. The Hall–Kier alpha value is 0.310. The molecule has 1 heterocycles. The van der Waals surface area contributed by atoms with Crippen LogP contribution < -0.4 is 0 Å². The van der Waals surface area contributed by atoms with Crippen molar-refractivity contribution in [3.05, 3.63) is 6.42 Å². The van der Waals surface area contributed by atoms with Crippen LogP contribution in [0, 0.1) is 6.42 Å². The predicted molar refractivity (Wildman–Crippen MR) is 30.3 cm³/mol. The Kier molecular flexibility index (Phi) is 1.37. The molecule has 1 unspecified atom stereocenters. The van der Waals surface area contributed by atoms with Crippen molar-refractivity contribution in [3.8, 4) is 0 Å². The highest BCUT2D eigenvalue weighted by Gasteiger charge is 2.05. The van der Waals surface area contributed by atoms with Gasteiger partial charge < -0.3 is 4.55 Å². The van der Waals surface area contributed by atoms with E-state index in [0.717, 1.165) is 17.9 Å². The predicted octanol–water partition coefficient (Wildman–Crippen LogP) is 1.07. The fraction of sp³-hybridized carbons (Fsp3) is 0.750. The molecule has 1 atom stereocenters. The van der Waals surface area contributed by atoms with Crippen LogP contribution in [-0.2, 0) is 0 Å². The number of hydrogen-bond donors (Lipinski definition) is 2. The third-order valence-electron chi connectivity index (χ3n) is 0.931. The highest BCUT2D eigenvalue weighted by molar-refractivity contribution is 8.12. The van der Waals surface area contributed by atoms with E-state index in [4.69, 9.17) is 4.55 Å². The van der Waals surface area contributed by atoms with Crippen molar-refractivity contribution in [3.63, 3.8) is 0 Å². The minimum absolute atomic E-state index is 0.521. The highest BCUT2D eigenvalue weighted by Crippen LogP contribution is 2.28. The smallest absolute Gasteiger partial charge is 0.000669 e. The molecule has 0 saturated carbocycles. The first-order chi connectivity index (χ1) is 2.89. The van der Waals surface area contributed by atoms with E-state index in [0.29, 0.717) is 0 Å². The molecule has 2 heteroatoms. The molecule has 1 radical (unpaired) electrons. The number of thiol groups is 1. The fourth-order valence-electron chi connectivity index (χ4n) is 0.572. The maximum atomic E-state index is 8.76. The average molecular weight is 105 g/mol. The van der Waals surface area contributed by atoms with Crippen molar-refractivity contribution in [2.45, 2.75) is 6.42 Å². The summed E-state index contributed by atoms with van der Waals surface area (Å²) in [6, 6.07) is 0. The largest absolute Gasteiger partial charge is 0.354 e. The summed E-state index contributed by atoms with van der Waals surface area (Å²) in [5.41, 5.74) is 0. The van der Waals surface area contributed by atoms with Crippen molar-refractivity contribution in [2.75, 3.05) is 11.5 Å². The van der Waals surface area contributed by atoms with Crippen molar-refractivity contribution in [2.24, 2.45) is 0 Å². The Morgan fingerprint density at radius 3 is 2.67 bits per heavy atom. The summed E-state index contributed by atoms with van der Waals surface area (Å²) >= 11 is -0.521. The second kappa shape index (κ2) is 1.85. The fourth-order valence-corrected chi connectivity index (χ4v) is 1.72. The van der Waals surface area contributed by atoms with E-state index in [1.807, 2.05) is 0 Å². The van der Waals surface area contributed by atoms with E-state index in [2.05, 4.69) is 6.42 Å². The average Bonchev–Trinajstić information content (AvgIpc) is 1.86. The van der Waals surface area contributed by atoms with E-state index in [1.54, 1.807) is 0 Å². The topological polar surface area (TPSA) is 20.2 Å². The van der Waals surface area contributed by atoms with E-state index in [-0.39, 0.29) is 0 Å². The number of hydrogen-bond acceptors (Lipinski definition) is 1. The Labute approximate surface area is 40.9 Å². The van der Waals surface area contributed by atoms with Gasteiger partial charge >= 0.3 is 0 Å². The van der Waals surface area contributed by atoms with E-state index in [9.17, 15) is 0 Å². The van der Waals surface area contributed by atoms with Gasteiger partial charge in [-0.15, -0.1) is 0 Å². The maximum absolute atomic E-state index is 8.76. The standard InChI is InChI=1S/C4H9OS/c5-6-3-1-2-4-6/h1,5-6H,2-4H2. The summed E-state index contributed by atoms with van der Waals surface area (Å²) in [6.45, 7) is 0. The van der Waals surface area contributed by atoms with Gasteiger partial charge in [0.15, 0.2) is 0 Å². The minimum Gasteiger partial charge on any atom is -0.354 e. The lowest BCUT2D eigenvalue weighted by Crippen LogP contribution is -1.74. The van der Waals surface area contributed by atoms with Crippen molar-refractivity contribution in [1.29, 1.82) is 0 Å². The third kappa shape index (κ3) is 0.884. The van der Waals surface area contributed by atoms with Crippen molar-refractivity contribution < 1.29 is 4.55 Å². The molecule has 0 aliphatic carbocycles. The van der Waals surface area contributed by atoms with Gasteiger partial charge in [0, 0.05) is 0 Å². The van der Waals surface area contributed by atoms with Crippen LogP contribution in [0.4, 0.5) is 0 Å². The van der Waals surface area contributed by atoms with E-state index >= 15 is 0 Å². The summed E-state index contributed by atoms with van der Waals surface area (Å²) in [7, 11) is 0. The van der Waals surface area contributed by atoms with Crippen LogP contribution in [0.15, 0.2) is 0 Å². The Morgan fingerprint density at radius 2 is 2.50 bits per heavy atom. The zero-order valence-electron chi connectivity index (χ0n) is 3.59. The van der Waals surface area contributed by atoms with Gasteiger partial charge in [-0.05, 0) is 24.3 Å². The normalized spacial score (nSPS) is 28.5.